The van der Waals surface area contributed by atoms with Gasteiger partial charge in [-0.3, -0.25) is 0 Å². The highest BCUT2D eigenvalue weighted by Crippen LogP contribution is 2.35. The number of hydrogen-bond donors (Lipinski definition) is 0. The Labute approximate surface area is 108 Å². The van der Waals surface area contributed by atoms with E-state index >= 15 is 0 Å². The molecule has 1 atom stereocenters. The Balaban J connectivity index is 1.95. The molecule has 0 spiro atoms. The van der Waals surface area contributed by atoms with Gasteiger partial charge in [0.2, 0.25) is 0 Å². The molecule has 0 aromatic carbocycles. The highest BCUT2D eigenvalue weighted by molar-refractivity contribution is 7.26. The van der Waals surface area contributed by atoms with Crippen LogP contribution in [0.1, 0.15) is 81.0 Å². The fraction of sp³-hybridized carbons (Fsp3) is 0.800. The third kappa shape index (κ3) is 4.14. The van der Waals surface area contributed by atoms with E-state index in [1.165, 1.54) is 69.8 Å². The van der Waals surface area contributed by atoms with Gasteiger partial charge in [-0.05, 0) is 44.9 Å². The van der Waals surface area contributed by atoms with Crippen molar-refractivity contribution >= 4 is 8.35 Å². The molecule has 0 radical (unpaired) electrons. The maximum absolute atomic E-state index is 4.46. The molecular formula is C15H26NP. The lowest BCUT2D eigenvalue weighted by molar-refractivity contribution is 0.519. The van der Waals surface area contributed by atoms with Crippen molar-refractivity contribution in [2.75, 3.05) is 0 Å². The van der Waals surface area contributed by atoms with E-state index in [9.17, 15) is 0 Å². The number of hydrogen-bond acceptors (Lipinski definition) is 1. The molecule has 1 unspecified atom stereocenters. The second-order valence-corrected chi connectivity index (χ2v) is 6.59. The van der Waals surface area contributed by atoms with Gasteiger partial charge < -0.3 is 0 Å². The van der Waals surface area contributed by atoms with Gasteiger partial charge in [0.25, 0.3) is 0 Å². The molecular weight excluding hydrogens is 225 g/mol. The summed E-state index contributed by atoms with van der Waals surface area (Å²) in [6.45, 7) is 2.25. The van der Waals surface area contributed by atoms with Gasteiger partial charge >= 0.3 is 0 Å². The first-order valence-electron chi connectivity index (χ1n) is 7.38. The van der Waals surface area contributed by atoms with Crippen LogP contribution in [-0.4, -0.2) is 4.75 Å². The summed E-state index contributed by atoms with van der Waals surface area (Å²) in [7, 11) is 0.749. The van der Waals surface area contributed by atoms with Gasteiger partial charge in [-0.25, -0.2) is 4.75 Å². The summed E-state index contributed by atoms with van der Waals surface area (Å²) in [5.41, 5.74) is 1.48. The van der Waals surface area contributed by atoms with E-state index < -0.39 is 0 Å². The third-order valence-corrected chi connectivity index (χ3v) is 5.43. The lowest BCUT2D eigenvalue weighted by Crippen LogP contribution is -1.98. The second-order valence-electron chi connectivity index (χ2n) is 5.57. The van der Waals surface area contributed by atoms with E-state index in [2.05, 4.69) is 17.9 Å². The molecule has 0 aliphatic heterocycles. The molecule has 2 rings (SSSR count). The molecule has 0 N–H and O–H groups in total. The summed E-state index contributed by atoms with van der Waals surface area (Å²) in [4.78, 5) is 0. The zero-order valence-corrected chi connectivity index (χ0v) is 12.2. The van der Waals surface area contributed by atoms with Crippen LogP contribution in [0.3, 0.4) is 0 Å². The highest BCUT2D eigenvalue weighted by atomic mass is 31.0. The summed E-state index contributed by atoms with van der Waals surface area (Å²) < 4.78 is 4.46. The molecule has 1 aliphatic rings. The van der Waals surface area contributed by atoms with Crippen molar-refractivity contribution in [2.24, 2.45) is 0 Å². The molecule has 2 heteroatoms. The van der Waals surface area contributed by atoms with Crippen LogP contribution in [0.15, 0.2) is 6.20 Å². The van der Waals surface area contributed by atoms with Gasteiger partial charge in [0.15, 0.2) is 0 Å². The molecule has 17 heavy (non-hydrogen) atoms. The normalized spacial score (nSPS) is 21.5. The van der Waals surface area contributed by atoms with Crippen molar-refractivity contribution in [3.8, 4) is 0 Å². The van der Waals surface area contributed by atoms with Crippen molar-refractivity contribution < 1.29 is 0 Å². The first kappa shape index (κ1) is 13.1. The predicted octanol–water partition coefficient (Wildman–Crippen LogP) is 5.42. The van der Waals surface area contributed by atoms with E-state index in [-0.39, 0.29) is 0 Å². The minimum Gasteiger partial charge on any atom is -0.248 e. The summed E-state index contributed by atoms with van der Waals surface area (Å²) in [6.07, 6.45) is 16.6. The zero-order chi connectivity index (χ0) is 11.9. The summed E-state index contributed by atoms with van der Waals surface area (Å²) in [6, 6.07) is 0. The van der Waals surface area contributed by atoms with Gasteiger partial charge in [0.05, 0.1) is 0 Å². The van der Waals surface area contributed by atoms with Crippen LogP contribution in [0.4, 0.5) is 0 Å². The minimum atomic E-state index is 0.749. The smallest absolute Gasteiger partial charge is 0.0342 e. The number of aryl methyl sites for hydroxylation is 1. The third-order valence-electron chi connectivity index (χ3n) is 4.13. The monoisotopic (exact) mass is 251 g/mol. The Bertz CT molecular complexity index is 306. The predicted molar refractivity (Wildman–Crippen MR) is 77.4 cm³/mol. The Morgan fingerprint density at radius 2 is 1.47 bits per heavy atom. The van der Waals surface area contributed by atoms with Crippen LogP contribution in [0.2, 0.25) is 0 Å². The molecule has 1 heterocycles. The highest BCUT2D eigenvalue weighted by Gasteiger charge is 2.15. The molecule has 1 aromatic rings. The standard InChI is InChI=1S/C15H26NP/c1-13-12-16-17-15(13)14-10-8-6-4-2-3-5-7-9-11-14/h12,14,17H,2-11H2,1H3. The zero-order valence-electron chi connectivity index (χ0n) is 11.2. The summed E-state index contributed by atoms with van der Waals surface area (Å²) in [5, 5.41) is 1.68. The van der Waals surface area contributed by atoms with Crippen molar-refractivity contribution in [3.63, 3.8) is 0 Å². The Morgan fingerprint density at radius 1 is 0.941 bits per heavy atom. The van der Waals surface area contributed by atoms with Gasteiger partial charge in [0.1, 0.15) is 0 Å². The molecule has 0 amide bonds. The molecule has 0 saturated heterocycles. The van der Waals surface area contributed by atoms with Gasteiger partial charge in [0, 0.05) is 6.20 Å². The Morgan fingerprint density at radius 3 is 1.94 bits per heavy atom. The van der Waals surface area contributed by atoms with Crippen molar-refractivity contribution in [1.29, 1.82) is 0 Å². The van der Waals surface area contributed by atoms with Crippen LogP contribution in [-0.2, 0) is 0 Å². The Kier molecular flexibility index (Phi) is 5.58. The van der Waals surface area contributed by atoms with E-state index in [1.807, 2.05) is 0 Å². The van der Waals surface area contributed by atoms with Crippen LogP contribution >= 0.6 is 8.35 Å². The average Bonchev–Trinajstić information content (AvgIpc) is 2.72. The maximum Gasteiger partial charge on any atom is 0.0342 e. The first-order chi connectivity index (χ1) is 8.38. The average molecular weight is 251 g/mol. The van der Waals surface area contributed by atoms with Gasteiger partial charge in [-0.2, -0.15) is 0 Å². The molecule has 1 aromatic heterocycles. The van der Waals surface area contributed by atoms with Crippen molar-refractivity contribution in [2.45, 2.75) is 77.0 Å². The summed E-state index contributed by atoms with van der Waals surface area (Å²) >= 11 is 0. The number of rotatable bonds is 1. The van der Waals surface area contributed by atoms with Gasteiger partial charge in [-0.15, -0.1) is 0 Å². The summed E-state index contributed by atoms with van der Waals surface area (Å²) in [5.74, 6) is 0.855. The molecule has 1 aliphatic carbocycles. The quantitative estimate of drug-likeness (QED) is 0.649. The van der Waals surface area contributed by atoms with Gasteiger partial charge in [-0.1, -0.05) is 51.4 Å². The van der Waals surface area contributed by atoms with E-state index in [4.69, 9.17) is 0 Å². The van der Waals surface area contributed by atoms with Crippen LogP contribution in [0.25, 0.3) is 0 Å². The van der Waals surface area contributed by atoms with E-state index in [0.29, 0.717) is 0 Å². The minimum absolute atomic E-state index is 0.749. The topological polar surface area (TPSA) is 12.9 Å². The fourth-order valence-corrected chi connectivity index (χ4v) is 4.15. The van der Waals surface area contributed by atoms with E-state index in [1.54, 1.807) is 5.30 Å². The molecule has 0 bridgehead atoms. The first-order valence-corrected chi connectivity index (χ1v) is 8.32. The molecule has 1 nitrogen and oxygen atoms in total. The molecule has 96 valence electrons. The molecule has 1 saturated carbocycles. The van der Waals surface area contributed by atoms with Crippen LogP contribution < -0.4 is 0 Å². The van der Waals surface area contributed by atoms with Crippen LogP contribution in [0, 0.1) is 6.92 Å². The number of aromatic nitrogens is 1. The van der Waals surface area contributed by atoms with E-state index in [0.717, 1.165) is 14.3 Å². The molecule has 1 fully saturated rings. The lowest BCUT2D eigenvalue weighted by Gasteiger charge is -2.16. The van der Waals surface area contributed by atoms with Crippen molar-refractivity contribution in [1.82, 2.24) is 4.75 Å². The largest absolute Gasteiger partial charge is 0.248 e. The SMILES string of the molecule is Cc1cn[pH]c1C1CCCCCCCCCC1. The maximum atomic E-state index is 4.46. The fourth-order valence-electron chi connectivity index (χ4n) is 3.04. The Hall–Kier alpha value is -0.290. The van der Waals surface area contributed by atoms with Crippen LogP contribution in [0.5, 0.6) is 0 Å². The number of nitrogens with zero attached hydrogens (tertiary/aromatic N) is 1. The lowest BCUT2D eigenvalue weighted by atomic mass is 9.92. The van der Waals surface area contributed by atoms with Crippen molar-refractivity contribution in [3.05, 3.63) is 17.1 Å². The second kappa shape index (κ2) is 7.21.